The lowest BCUT2D eigenvalue weighted by Crippen LogP contribution is -2.42. The van der Waals surface area contributed by atoms with Gasteiger partial charge >= 0.3 is 18.0 Å². The lowest BCUT2D eigenvalue weighted by molar-refractivity contribution is -0.157. The van der Waals surface area contributed by atoms with Crippen molar-refractivity contribution >= 4 is 18.0 Å². The van der Waals surface area contributed by atoms with Gasteiger partial charge in [-0.1, -0.05) is 38.2 Å². The highest BCUT2D eigenvalue weighted by molar-refractivity contribution is 5.70. The van der Waals surface area contributed by atoms with Crippen LogP contribution < -0.4 is 0 Å². The van der Waals surface area contributed by atoms with Gasteiger partial charge in [-0.3, -0.25) is 9.59 Å². The molecule has 0 bridgehead atoms. The van der Waals surface area contributed by atoms with Crippen LogP contribution in [0.1, 0.15) is 53.9 Å². The van der Waals surface area contributed by atoms with Crippen molar-refractivity contribution in [2.75, 3.05) is 32.9 Å². The second-order valence-corrected chi connectivity index (χ2v) is 10.4. The molecular weight excluding hydrogens is 494 g/mol. The molecule has 2 aliphatic rings. The van der Waals surface area contributed by atoms with Gasteiger partial charge in [-0.05, 0) is 38.3 Å². The number of rotatable bonds is 6. The molecule has 0 aromatic carbocycles. The van der Waals surface area contributed by atoms with Gasteiger partial charge < -0.3 is 34.1 Å². The lowest BCUT2D eigenvalue weighted by Gasteiger charge is -2.32. The molecule has 0 aromatic rings. The Morgan fingerprint density at radius 2 is 1.95 bits per heavy atom. The zero-order valence-electron chi connectivity index (χ0n) is 23.1. The molecule has 10 nitrogen and oxygen atoms in total. The summed E-state index contributed by atoms with van der Waals surface area (Å²) in [7, 11) is 0. The summed E-state index contributed by atoms with van der Waals surface area (Å²) in [6.45, 7) is 10.7. The zero-order valence-corrected chi connectivity index (χ0v) is 23.1. The number of ether oxygens (including phenoxy) is 4. The van der Waals surface area contributed by atoms with Crippen LogP contribution in [0.2, 0.25) is 0 Å². The Hall–Kier alpha value is -2.69. The van der Waals surface area contributed by atoms with E-state index < -0.39 is 35.9 Å². The minimum absolute atomic E-state index is 0.0397. The van der Waals surface area contributed by atoms with E-state index in [1.54, 1.807) is 24.0 Å². The van der Waals surface area contributed by atoms with Gasteiger partial charge in [0.15, 0.2) is 0 Å². The average molecular weight is 538 g/mol. The number of hydrogen-bond donors (Lipinski definition) is 2. The Morgan fingerprint density at radius 3 is 2.61 bits per heavy atom. The van der Waals surface area contributed by atoms with E-state index in [1.165, 1.54) is 6.92 Å². The maximum atomic E-state index is 12.6. The molecule has 1 fully saturated rings. The third kappa shape index (κ3) is 10.6. The molecule has 2 aliphatic heterocycles. The smallest absolute Gasteiger partial charge is 0.409 e. The summed E-state index contributed by atoms with van der Waals surface area (Å²) in [4.78, 5) is 38.0. The Bertz CT molecular complexity index is 889. The predicted molar refractivity (Wildman–Crippen MR) is 140 cm³/mol. The summed E-state index contributed by atoms with van der Waals surface area (Å²) < 4.78 is 21.7. The minimum atomic E-state index is -1.42. The van der Waals surface area contributed by atoms with E-state index in [2.05, 4.69) is 0 Å². The normalized spacial score (nSPS) is 31.5. The third-order valence-electron chi connectivity index (χ3n) is 6.60. The molecule has 38 heavy (non-hydrogen) atoms. The van der Waals surface area contributed by atoms with Crippen LogP contribution in [0, 0.1) is 11.8 Å². The van der Waals surface area contributed by atoms with Gasteiger partial charge in [-0.15, -0.1) is 0 Å². The molecule has 0 saturated carbocycles. The Balaban J connectivity index is 2.10. The molecule has 214 valence electrons. The first-order chi connectivity index (χ1) is 17.9. The van der Waals surface area contributed by atoms with E-state index in [0.29, 0.717) is 26.3 Å². The van der Waals surface area contributed by atoms with Crippen LogP contribution in [0.15, 0.2) is 36.0 Å². The SMILES string of the molecule is CC(=O)O[C@@H]1/C=C/[C@H](C)[C@@H](/C(C)=C/C=C/[C@@H](C)COC(=O)N2CCOCC2)OC(=O)C[C@@H](O)CC[C@]1(C)O. The van der Waals surface area contributed by atoms with E-state index in [9.17, 15) is 24.6 Å². The molecule has 0 unspecified atom stereocenters. The van der Waals surface area contributed by atoms with Gasteiger partial charge in [0.05, 0.1) is 32.3 Å². The number of carbonyl (C=O) groups excluding carboxylic acids is 3. The number of hydrogen-bond acceptors (Lipinski definition) is 9. The first-order valence-electron chi connectivity index (χ1n) is 13.2. The highest BCUT2D eigenvalue weighted by Crippen LogP contribution is 2.27. The molecule has 1 amide bonds. The topological polar surface area (TPSA) is 132 Å². The van der Waals surface area contributed by atoms with Crippen LogP contribution in [-0.4, -0.2) is 90.0 Å². The molecule has 10 heteroatoms. The van der Waals surface area contributed by atoms with Crippen LogP contribution in [0.25, 0.3) is 0 Å². The number of morpholine rings is 1. The number of carbonyl (C=O) groups is 3. The summed E-state index contributed by atoms with van der Waals surface area (Å²) in [6, 6.07) is 0. The Kier molecular flexibility index (Phi) is 12.5. The predicted octanol–water partition coefficient (Wildman–Crippen LogP) is 2.93. The fraction of sp³-hybridized carbons (Fsp3) is 0.679. The number of amides is 1. The highest BCUT2D eigenvalue weighted by atomic mass is 16.6. The van der Waals surface area contributed by atoms with E-state index in [1.807, 2.05) is 39.0 Å². The van der Waals surface area contributed by atoms with Crippen LogP contribution >= 0.6 is 0 Å². The summed E-state index contributed by atoms with van der Waals surface area (Å²) in [5, 5.41) is 21.2. The van der Waals surface area contributed by atoms with Gasteiger partial charge in [0, 0.05) is 31.8 Å². The van der Waals surface area contributed by atoms with Gasteiger partial charge in [0.25, 0.3) is 0 Å². The summed E-state index contributed by atoms with van der Waals surface area (Å²) in [5.74, 6) is -1.43. The first-order valence-corrected chi connectivity index (χ1v) is 13.2. The Labute approximate surface area is 225 Å². The largest absolute Gasteiger partial charge is 0.457 e. The van der Waals surface area contributed by atoms with E-state index in [4.69, 9.17) is 18.9 Å². The van der Waals surface area contributed by atoms with Crippen LogP contribution in [0.4, 0.5) is 4.79 Å². The molecule has 0 spiro atoms. The summed E-state index contributed by atoms with van der Waals surface area (Å²) in [5.41, 5.74) is -0.664. The van der Waals surface area contributed by atoms with Gasteiger partial charge in [0.1, 0.15) is 17.8 Å². The summed E-state index contributed by atoms with van der Waals surface area (Å²) >= 11 is 0. The molecule has 2 heterocycles. The van der Waals surface area contributed by atoms with Crippen molar-refractivity contribution in [2.24, 2.45) is 11.8 Å². The first kappa shape index (κ1) is 31.5. The van der Waals surface area contributed by atoms with Crippen molar-refractivity contribution in [3.8, 4) is 0 Å². The van der Waals surface area contributed by atoms with Crippen LogP contribution in [-0.2, 0) is 28.5 Å². The number of esters is 2. The third-order valence-corrected chi connectivity index (χ3v) is 6.60. The second kappa shape index (κ2) is 15.0. The summed E-state index contributed by atoms with van der Waals surface area (Å²) in [6.07, 6.45) is 6.04. The molecule has 0 radical (unpaired) electrons. The van der Waals surface area contributed by atoms with Crippen molar-refractivity contribution in [1.29, 1.82) is 0 Å². The van der Waals surface area contributed by atoms with E-state index in [0.717, 1.165) is 5.57 Å². The lowest BCUT2D eigenvalue weighted by atomic mass is 9.88. The average Bonchev–Trinajstić information content (AvgIpc) is 2.86. The van der Waals surface area contributed by atoms with Gasteiger partial charge in [0.2, 0.25) is 0 Å². The van der Waals surface area contributed by atoms with Crippen molar-refractivity contribution in [3.05, 3.63) is 36.0 Å². The van der Waals surface area contributed by atoms with Crippen LogP contribution in [0.5, 0.6) is 0 Å². The number of allylic oxidation sites excluding steroid dienone is 2. The van der Waals surface area contributed by atoms with Crippen molar-refractivity contribution < 1.29 is 43.5 Å². The monoisotopic (exact) mass is 537 g/mol. The van der Waals surface area contributed by atoms with E-state index in [-0.39, 0.29) is 43.8 Å². The Morgan fingerprint density at radius 1 is 1.26 bits per heavy atom. The number of aliphatic hydroxyl groups is 2. The van der Waals surface area contributed by atoms with Gasteiger partial charge in [-0.2, -0.15) is 0 Å². The maximum absolute atomic E-state index is 12.6. The number of cyclic esters (lactones) is 1. The van der Waals surface area contributed by atoms with Crippen molar-refractivity contribution in [2.45, 2.75) is 77.8 Å². The molecule has 0 aliphatic carbocycles. The quantitative estimate of drug-likeness (QED) is 0.227. The molecule has 2 N–H and O–H groups in total. The minimum Gasteiger partial charge on any atom is -0.457 e. The molecular formula is C28H43NO9. The fourth-order valence-corrected chi connectivity index (χ4v) is 4.22. The van der Waals surface area contributed by atoms with Crippen LogP contribution in [0.3, 0.4) is 0 Å². The molecule has 1 saturated heterocycles. The molecule has 6 atom stereocenters. The molecule has 0 aromatic heterocycles. The van der Waals surface area contributed by atoms with Crippen molar-refractivity contribution in [3.63, 3.8) is 0 Å². The van der Waals surface area contributed by atoms with Gasteiger partial charge in [-0.25, -0.2) is 4.79 Å². The second-order valence-electron chi connectivity index (χ2n) is 10.4. The maximum Gasteiger partial charge on any atom is 0.409 e. The zero-order chi connectivity index (χ0) is 28.3. The standard InChI is InChI=1S/C28H43NO9/c1-19(18-36-27(33)29-13-15-35-16-14-29)7-6-8-20(2)26-21(3)9-10-24(37-22(4)30)28(5,34)12-11-23(31)17-25(32)38-26/h6-10,19,21,23-24,26,31,34H,11-18H2,1-5H3/b7-6+,10-9+,20-8+/t19-,21+,23+,24-,26-,28+/m1/s1. The van der Waals surface area contributed by atoms with E-state index >= 15 is 0 Å². The molecule has 2 rings (SSSR count). The number of nitrogens with zero attached hydrogens (tertiary/aromatic N) is 1. The fourth-order valence-electron chi connectivity index (χ4n) is 4.22. The van der Waals surface area contributed by atoms with Crippen molar-refractivity contribution in [1.82, 2.24) is 4.90 Å². The highest BCUT2D eigenvalue weighted by Gasteiger charge is 2.35. The number of aliphatic hydroxyl groups excluding tert-OH is 1.